The van der Waals surface area contributed by atoms with Crippen molar-refractivity contribution in [3.63, 3.8) is 0 Å². The number of likely N-dealkylation sites (N-methyl/N-ethyl adjacent to an activating group) is 2. The van der Waals surface area contributed by atoms with Crippen molar-refractivity contribution >= 4 is 31.2 Å². The lowest BCUT2D eigenvalue weighted by Crippen LogP contribution is -2.54. The number of aliphatic hydroxyl groups is 2. The number of nitrogens with zero attached hydrogens (tertiary/aromatic N) is 2. The first-order valence-corrected chi connectivity index (χ1v) is 30.5. The Balaban J connectivity index is 0.00000359. The normalized spacial score (nSPS) is 18.1. The molecule has 2 atom stereocenters. The average molecular weight is 840 g/mol. The molecule has 2 N–H and O–H groups in total. The third-order valence-corrected chi connectivity index (χ3v) is 22.5. The minimum Gasteiger partial charge on any atom is -0.550 e. The van der Waals surface area contributed by atoms with Gasteiger partial charge in [0.15, 0.2) is 16.6 Å². The second kappa shape index (κ2) is 26.7. The maximum Gasteiger partial charge on any atom is 0.311 e. The van der Waals surface area contributed by atoms with Gasteiger partial charge in [-0.05, 0) is 123 Å². The summed E-state index contributed by atoms with van der Waals surface area (Å²) in [5.41, 5.74) is 0. The van der Waals surface area contributed by atoms with Gasteiger partial charge >= 0.3 is 8.56 Å². The number of aliphatic hydroxyl groups excluding tert-OH is 2. The highest BCUT2D eigenvalue weighted by atomic mass is 28.5. The van der Waals surface area contributed by atoms with Crippen LogP contribution in [0.1, 0.15) is 84.0 Å². The van der Waals surface area contributed by atoms with E-state index in [1.165, 1.54) is 64.2 Å². The number of carbonyl (C=O) groups excluding carboxylic acids is 1. The molecule has 0 aromatic heterocycles. The molecule has 328 valence electrons. The largest absolute Gasteiger partial charge is 0.550 e. The van der Waals surface area contributed by atoms with Crippen LogP contribution in [0, 0.1) is 0 Å². The highest BCUT2D eigenvalue weighted by molar-refractivity contribution is 6.87. The van der Waals surface area contributed by atoms with Gasteiger partial charge in [-0.1, -0.05) is 12.8 Å². The molecule has 0 spiro atoms. The van der Waals surface area contributed by atoms with E-state index in [9.17, 15) is 10.2 Å². The molecule has 55 heavy (non-hydrogen) atoms. The molecule has 0 radical (unpaired) electrons. The minimum absolute atomic E-state index is 0.372. The van der Waals surface area contributed by atoms with E-state index in [1.807, 2.05) is 0 Å². The molecule has 2 fully saturated rings. The number of carbonyl (C=O) groups is 1. The Bertz CT molecular complexity index is 936. The van der Waals surface area contributed by atoms with Crippen molar-refractivity contribution in [1.29, 1.82) is 0 Å². The average Bonchev–Trinajstić information content (AvgIpc) is 3.06. The fourth-order valence-electron chi connectivity index (χ4n) is 8.58. The van der Waals surface area contributed by atoms with Crippen LogP contribution in [0.4, 0.5) is 0 Å². The fraction of sp³-hybridized carbons (Fsp3) is 0.975. The van der Waals surface area contributed by atoms with E-state index in [0.717, 1.165) is 53.9 Å². The predicted molar refractivity (Wildman–Crippen MR) is 227 cm³/mol. The molecule has 0 saturated heterocycles. The van der Waals surface area contributed by atoms with Gasteiger partial charge < -0.3 is 56.3 Å². The fourth-order valence-corrected chi connectivity index (χ4v) is 22.6. The molecule has 0 aliphatic heterocycles. The number of quaternary nitrogens is 2. The van der Waals surface area contributed by atoms with Crippen LogP contribution in [0.15, 0.2) is 0 Å². The standard InChI is InChI=1S/C38H84N2O8Si3.C2H4O2/c1-39(2,35-19-13-11-14-20-35)31-37(41)33-45-27-25-43-23-17-29-49(5,6)47-51(9,10)48-50(7,8)30-18-24-44-26-28-46-34-38(42)32-40(3,4)36-21-15-12-16-22-36;1-2(3)4/h35-38,41-42H,11-34H2,1-10H3;1H3,(H,3,4)/q+2;/p-1. The van der Waals surface area contributed by atoms with Gasteiger partial charge in [0.25, 0.3) is 0 Å². The lowest BCUT2D eigenvalue weighted by Gasteiger charge is -2.41. The molecule has 0 bridgehead atoms. The van der Waals surface area contributed by atoms with Crippen molar-refractivity contribution in [2.75, 3.05) is 94.1 Å². The second-order valence-corrected chi connectivity index (χ2v) is 31.5. The van der Waals surface area contributed by atoms with Gasteiger partial charge in [-0.2, -0.15) is 0 Å². The lowest BCUT2D eigenvalue weighted by atomic mass is 9.93. The Morgan fingerprint density at radius 3 is 1.24 bits per heavy atom. The summed E-state index contributed by atoms with van der Waals surface area (Å²) < 4.78 is 38.6. The van der Waals surface area contributed by atoms with Crippen molar-refractivity contribution < 1.29 is 56.3 Å². The van der Waals surface area contributed by atoms with E-state index in [4.69, 9.17) is 37.1 Å². The number of ether oxygens (including phenoxy) is 4. The summed E-state index contributed by atoms with van der Waals surface area (Å²) in [6, 6.07) is 3.38. The quantitative estimate of drug-likeness (QED) is 0.0610. The predicted octanol–water partition coefficient (Wildman–Crippen LogP) is 5.27. The van der Waals surface area contributed by atoms with Gasteiger partial charge in [-0.25, -0.2) is 0 Å². The summed E-state index contributed by atoms with van der Waals surface area (Å²) in [5, 5.41) is 30.0. The molecule has 0 amide bonds. The molecule has 0 aromatic carbocycles. The molecule has 0 heterocycles. The first-order chi connectivity index (χ1) is 25.6. The highest BCUT2D eigenvalue weighted by Crippen LogP contribution is 2.28. The zero-order chi connectivity index (χ0) is 41.6. The van der Waals surface area contributed by atoms with Gasteiger partial charge in [-0.15, -0.1) is 0 Å². The first kappa shape index (κ1) is 52.7. The van der Waals surface area contributed by atoms with E-state index in [0.29, 0.717) is 64.9 Å². The zero-order valence-electron chi connectivity index (χ0n) is 37.3. The molecular formula is C40H87N2O10Si3+. The van der Waals surface area contributed by atoms with Crippen molar-refractivity contribution in [1.82, 2.24) is 0 Å². The van der Waals surface area contributed by atoms with Crippen LogP contribution in [0.2, 0.25) is 51.4 Å². The van der Waals surface area contributed by atoms with Crippen molar-refractivity contribution in [3.05, 3.63) is 0 Å². The van der Waals surface area contributed by atoms with E-state index in [2.05, 4.69) is 67.5 Å². The van der Waals surface area contributed by atoms with Crippen LogP contribution >= 0.6 is 0 Å². The monoisotopic (exact) mass is 840 g/mol. The third-order valence-electron chi connectivity index (χ3n) is 11.0. The molecule has 2 aliphatic rings. The second-order valence-electron chi connectivity index (χ2n) is 19.0. The number of hydrogen-bond acceptors (Lipinski definition) is 10. The molecule has 12 nitrogen and oxygen atoms in total. The molecular weight excluding hydrogens is 753 g/mol. The number of carboxylic acids is 1. The Morgan fingerprint density at radius 1 is 0.600 bits per heavy atom. The highest BCUT2D eigenvalue weighted by Gasteiger charge is 2.39. The van der Waals surface area contributed by atoms with Crippen LogP contribution in [-0.2, 0) is 32.0 Å². The number of carboxylic acid groups (broad SMARTS) is 1. The molecule has 2 rings (SSSR count). The van der Waals surface area contributed by atoms with Crippen molar-refractivity contribution in [2.24, 2.45) is 0 Å². The molecule has 0 aromatic rings. The first-order valence-electron chi connectivity index (χ1n) is 21.5. The number of rotatable bonds is 28. The molecule has 15 heteroatoms. The molecule has 2 aliphatic carbocycles. The van der Waals surface area contributed by atoms with Gasteiger partial charge in [0, 0.05) is 19.2 Å². The smallest absolute Gasteiger partial charge is 0.311 e. The Kier molecular flexibility index (Phi) is 25.6. The maximum atomic E-state index is 10.6. The van der Waals surface area contributed by atoms with Crippen LogP contribution in [0.3, 0.4) is 0 Å². The molecule has 2 saturated carbocycles. The summed E-state index contributed by atoms with van der Waals surface area (Å²) in [4.78, 5) is 8.89. The van der Waals surface area contributed by atoms with Crippen LogP contribution in [0.25, 0.3) is 0 Å². The van der Waals surface area contributed by atoms with Gasteiger partial charge in [-0.3, -0.25) is 0 Å². The summed E-state index contributed by atoms with van der Waals surface area (Å²) in [7, 11) is 2.93. The third kappa shape index (κ3) is 26.4. The number of aliphatic carboxylic acids is 1. The molecule has 2 unspecified atom stereocenters. The zero-order valence-corrected chi connectivity index (χ0v) is 40.3. The van der Waals surface area contributed by atoms with Gasteiger partial charge in [0.1, 0.15) is 25.3 Å². The maximum absolute atomic E-state index is 10.6. The van der Waals surface area contributed by atoms with E-state index >= 15 is 0 Å². The van der Waals surface area contributed by atoms with Crippen molar-refractivity contribution in [3.8, 4) is 0 Å². The Labute approximate surface area is 340 Å². The van der Waals surface area contributed by atoms with Crippen LogP contribution in [0.5, 0.6) is 0 Å². The summed E-state index contributed by atoms with van der Waals surface area (Å²) in [5.74, 6) is -1.08. The van der Waals surface area contributed by atoms with Crippen LogP contribution < -0.4 is 5.11 Å². The lowest BCUT2D eigenvalue weighted by molar-refractivity contribution is -0.919. The summed E-state index contributed by atoms with van der Waals surface area (Å²) >= 11 is 0. The SMILES string of the molecule is CC(=O)[O-].C[N+](C)(CC(O)COCCOCCC[Si](C)(C)O[Si](C)(C)O[Si](C)(C)CCCOCCOCC(O)C[N+](C)(C)C1CCCCC1)C1CCCCC1. The Morgan fingerprint density at radius 2 is 0.909 bits per heavy atom. The van der Waals surface area contributed by atoms with Gasteiger partial charge in [0.05, 0.1) is 79.9 Å². The Hall–Kier alpha value is -0.279. The summed E-state index contributed by atoms with van der Waals surface area (Å²) in [6.45, 7) is 20.3. The van der Waals surface area contributed by atoms with Gasteiger partial charge in [0.2, 0.25) is 0 Å². The van der Waals surface area contributed by atoms with Crippen molar-refractivity contribution in [2.45, 2.75) is 160 Å². The van der Waals surface area contributed by atoms with E-state index < -0.39 is 43.4 Å². The summed E-state index contributed by atoms with van der Waals surface area (Å²) in [6.07, 6.45) is 14.1. The minimum atomic E-state index is -2.27. The topological polar surface area (TPSA) is 136 Å². The van der Waals surface area contributed by atoms with E-state index in [-0.39, 0.29) is 0 Å². The number of hydrogen-bond donors (Lipinski definition) is 2. The van der Waals surface area contributed by atoms with Crippen LogP contribution in [-0.4, -0.2) is 169 Å². The van der Waals surface area contributed by atoms with E-state index in [1.54, 1.807) is 0 Å².